The van der Waals surface area contributed by atoms with E-state index in [-0.39, 0.29) is 34.7 Å². The number of aromatic nitrogens is 1. The summed E-state index contributed by atoms with van der Waals surface area (Å²) in [6.45, 7) is 12.9. The number of sulfone groups is 1. The fourth-order valence-electron chi connectivity index (χ4n) is 4.32. The van der Waals surface area contributed by atoms with Crippen LogP contribution in [0.1, 0.15) is 62.7 Å². The molecule has 37 heavy (non-hydrogen) atoms. The van der Waals surface area contributed by atoms with Crippen LogP contribution in [0.5, 0.6) is 0 Å². The number of amides is 1. The van der Waals surface area contributed by atoms with E-state index in [0.717, 1.165) is 0 Å². The van der Waals surface area contributed by atoms with E-state index in [0.29, 0.717) is 47.0 Å². The number of anilines is 1. The van der Waals surface area contributed by atoms with Crippen molar-refractivity contribution in [2.24, 2.45) is 21.3 Å². The van der Waals surface area contributed by atoms with Crippen LogP contribution in [-0.4, -0.2) is 43.4 Å². The van der Waals surface area contributed by atoms with E-state index in [4.69, 9.17) is 0 Å². The molecule has 0 saturated carbocycles. The van der Waals surface area contributed by atoms with Gasteiger partial charge in [-0.1, -0.05) is 39.0 Å². The minimum absolute atomic E-state index is 0.0206. The van der Waals surface area contributed by atoms with Gasteiger partial charge >= 0.3 is 0 Å². The van der Waals surface area contributed by atoms with Gasteiger partial charge in [0.2, 0.25) is 5.91 Å². The first kappa shape index (κ1) is 28.1. The topological polar surface area (TPSA) is 118 Å². The first-order valence-electron chi connectivity index (χ1n) is 12.3. The molecule has 0 aliphatic heterocycles. The molecule has 1 aromatic carbocycles. The second kappa shape index (κ2) is 11.3. The maximum atomic E-state index is 13.5. The summed E-state index contributed by atoms with van der Waals surface area (Å²) < 4.78 is 23.9. The number of aliphatic imine (C=N–C) groups is 2. The molecular weight excluding hydrogens is 488 g/mol. The molecule has 1 amide bonds. The third kappa shape index (κ3) is 6.10. The summed E-state index contributed by atoms with van der Waals surface area (Å²) in [6, 6.07) is 9.62. The lowest BCUT2D eigenvalue weighted by atomic mass is 9.71. The zero-order valence-corrected chi connectivity index (χ0v) is 22.9. The number of fused-ring (bicyclic) bond motifs is 1. The van der Waals surface area contributed by atoms with Crippen molar-refractivity contribution in [3.8, 4) is 0 Å². The number of aryl methyl sites for hydroxylation is 1. The molecule has 1 aliphatic carbocycles. The summed E-state index contributed by atoms with van der Waals surface area (Å²) >= 11 is 0. The number of ketones is 1. The van der Waals surface area contributed by atoms with Gasteiger partial charge in [-0.15, -0.1) is 0 Å². The Morgan fingerprint density at radius 3 is 2.46 bits per heavy atom. The highest BCUT2D eigenvalue weighted by atomic mass is 32.2. The molecule has 0 radical (unpaired) electrons. The van der Waals surface area contributed by atoms with E-state index in [1.807, 2.05) is 33.8 Å². The van der Waals surface area contributed by atoms with Crippen molar-refractivity contribution < 1.29 is 18.0 Å². The van der Waals surface area contributed by atoms with Gasteiger partial charge in [0.15, 0.2) is 15.6 Å². The average molecular weight is 523 g/mol. The summed E-state index contributed by atoms with van der Waals surface area (Å²) in [5, 5.41) is 2.78. The van der Waals surface area contributed by atoms with Crippen LogP contribution in [0.4, 0.5) is 5.82 Å². The molecule has 1 unspecified atom stereocenters. The Balaban J connectivity index is 1.75. The second-order valence-electron chi connectivity index (χ2n) is 9.58. The van der Waals surface area contributed by atoms with Crippen LogP contribution in [0.25, 0.3) is 0 Å². The summed E-state index contributed by atoms with van der Waals surface area (Å²) in [7, 11) is -3.29. The Kier molecular flexibility index (Phi) is 8.58. The van der Waals surface area contributed by atoms with Gasteiger partial charge in [-0.05, 0) is 63.2 Å². The molecule has 196 valence electrons. The van der Waals surface area contributed by atoms with Crippen LogP contribution in [-0.2, 0) is 27.5 Å². The maximum Gasteiger partial charge on any atom is 0.229 e. The van der Waals surface area contributed by atoms with Crippen molar-refractivity contribution in [2.75, 3.05) is 11.1 Å². The molecule has 1 heterocycles. The first-order valence-corrected chi connectivity index (χ1v) is 14.0. The molecule has 9 heteroatoms. The number of rotatable bonds is 8. The lowest BCUT2D eigenvalue weighted by Crippen LogP contribution is -2.35. The van der Waals surface area contributed by atoms with Gasteiger partial charge in [0.05, 0.1) is 33.9 Å². The van der Waals surface area contributed by atoms with E-state index < -0.39 is 15.3 Å². The molecule has 1 aromatic heterocycles. The molecule has 1 N–H and O–H groups in total. The highest BCUT2D eigenvalue weighted by molar-refractivity contribution is 7.91. The van der Waals surface area contributed by atoms with Crippen LogP contribution in [0.3, 0.4) is 0 Å². The van der Waals surface area contributed by atoms with Crippen LogP contribution in [0.15, 0.2) is 63.1 Å². The van der Waals surface area contributed by atoms with Gasteiger partial charge in [-0.3, -0.25) is 9.59 Å². The molecule has 3 rings (SSSR count). The SMILES string of the molecule is C=N/C(=N\C(=C/C)C1(C)CCc2nc(NC(=O)Cc3ccc(S(=O)(=O)CC)cc3)ccc2C1=O)C(C)C. The maximum absolute atomic E-state index is 13.5. The zero-order chi connectivity index (χ0) is 27.4. The Hall–Kier alpha value is -3.46. The van der Waals surface area contributed by atoms with Gasteiger partial charge in [0, 0.05) is 11.5 Å². The van der Waals surface area contributed by atoms with Crippen molar-refractivity contribution in [1.29, 1.82) is 0 Å². The van der Waals surface area contributed by atoms with Gasteiger partial charge in [0.25, 0.3) is 0 Å². The molecule has 2 aromatic rings. The van der Waals surface area contributed by atoms with Crippen LogP contribution in [0, 0.1) is 11.3 Å². The average Bonchev–Trinajstić information content (AvgIpc) is 2.87. The van der Waals surface area contributed by atoms with E-state index in [1.165, 1.54) is 12.1 Å². The van der Waals surface area contributed by atoms with E-state index >= 15 is 0 Å². The molecule has 0 saturated heterocycles. The van der Waals surface area contributed by atoms with Crippen LogP contribution < -0.4 is 5.32 Å². The standard InChI is InChI=1S/C28H34N4O4S/c1-7-23(31-27(29-6)18(3)4)28(5)16-15-22-21(26(28)34)13-14-24(30-22)32-25(33)17-19-9-11-20(12-10-19)37(35,36)8-2/h7,9-14,18H,6,8,15-17H2,1-5H3,(H,30,32,33)/b23-7-,31-27-. The zero-order valence-electron chi connectivity index (χ0n) is 22.0. The smallest absolute Gasteiger partial charge is 0.229 e. The van der Waals surface area contributed by atoms with Gasteiger partial charge in [0.1, 0.15) is 11.7 Å². The summed E-state index contributed by atoms with van der Waals surface area (Å²) in [5.41, 5.74) is 1.70. The first-order chi connectivity index (χ1) is 17.4. The lowest BCUT2D eigenvalue weighted by molar-refractivity contribution is -0.115. The number of nitrogens with one attached hydrogen (secondary N) is 1. The normalized spacial score (nSPS) is 18.5. The highest BCUT2D eigenvalue weighted by Crippen LogP contribution is 2.41. The molecular formula is C28H34N4O4S. The Labute approximate surface area is 219 Å². The number of nitrogens with zero attached hydrogens (tertiary/aromatic N) is 3. The van der Waals surface area contributed by atoms with Crippen molar-refractivity contribution in [2.45, 2.75) is 58.8 Å². The number of allylic oxidation sites excluding steroid dienone is 2. The van der Waals surface area contributed by atoms with E-state index in [9.17, 15) is 18.0 Å². The summed E-state index contributed by atoms with van der Waals surface area (Å²) in [5.74, 6) is 0.710. The molecule has 1 atom stereocenters. The predicted molar refractivity (Wildman–Crippen MR) is 147 cm³/mol. The van der Waals surface area contributed by atoms with Crippen molar-refractivity contribution in [3.63, 3.8) is 0 Å². The molecule has 0 fully saturated rings. The monoisotopic (exact) mass is 522 g/mol. The minimum atomic E-state index is -3.29. The number of amidine groups is 1. The summed E-state index contributed by atoms with van der Waals surface area (Å²) in [4.78, 5) is 39.6. The second-order valence-corrected chi connectivity index (χ2v) is 11.9. The third-order valence-electron chi connectivity index (χ3n) is 6.63. The number of hydrogen-bond acceptors (Lipinski definition) is 6. The minimum Gasteiger partial charge on any atom is -0.310 e. The van der Waals surface area contributed by atoms with Crippen molar-refractivity contribution in [1.82, 2.24) is 4.98 Å². The number of carbonyl (C=O) groups is 2. The van der Waals surface area contributed by atoms with Gasteiger partial charge in [-0.25, -0.2) is 23.4 Å². The van der Waals surface area contributed by atoms with Gasteiger partial charge < -0.3 is 5.32 Å². The van der Waals surface area contributed by atoms with Crippen molar-refractivity contribution in [3.05, 3.63) is 65.0 Å². The third-order valence-corrected chi connectivity index (χ3v) is 8.38. The number of benzene rings is 1. The van der Waals surface area contributed by atoms with E-state index in [1.54, 1.807) is 31.2 Å². The Morgan fingerprint density at radius 2 is 1.89 bits per heavy atom. The number of hydrogen-bond donors (Lipinski definition) is 1. The molecule has 0 spiro atoms. The van der Waals surface area contributed by atoms with Crippen LogP contribution in [0.2, 0.25) is 0 Å². The van der Waals surface area contributed by atoms with Gasteiger partial charge in [-0.2, -0.15) is 0 Å². The predicted octanol–water partition coefficient (Wildman–Crippen LogP) is 4.85. The van der Waals surface area contributed by atoms with E-state index in [2.05, 4.69) is 27.0 Å². The molecule has 1 aliphatic rings. The lowest BCUT2D eigenvalue weighted by Gasteiger charge is -2.33. The van der Waals surface area contributed by atoms with Crippen molar-refractivity contribution >= 4 is 39.9 Å². The quantitative estimate of drug-likeness (QED) is 0.393. The number of Topliss-reactive ketones (excluding diaryl/α,β-unsaturated/α-hetero) is 1. The largest absolute Gasteiger partial charge is 0.310 e. The fraction of sp³-hybridized carbons (Fsp3) is 0.393. The van der Waals surface area contributed by atoms with Crippen LogP contribution >= 0.6 is 0 Å². The highest BCUT2D eigenvalue weighted by Gasteiger charge is 2.42. The Morgan fingerprint density at radius 1 is 1.22 bits per heavy atom. The molecule has 8 nitrogen and oxygen atoms in total. The number of pyridine rings is 1. The number of carbonyl (C=O) groups excluding carboxylic acids is 2. The Bertz CT molecular complexity index is 1380. The fourth-order valence-corrected chi connectivity index (χ4v) is 5.21. The summed E-state index contributed by atoms with van der Waals surface area (Å²) in [6.07, 6.45) is 3.01. The molecule has 0 bridgehead atoms.